The molecule has 0 spiro atoms. The first-order chi connectivity index (χ1) is 7.59. The van der Waals surface area contributed by atoms with Gasteiger partial charge in [0.25, 0.3) is 0 Å². The minimum Gasteiger partial charge on any atom is -0.137 e. The van der Waals surface area contributed by atoms with Gasteiger partial charge in [0.05, 0.1) is 3.79 Å². The van der Waals surface area contributed by atoms with Gasteiger partial charge in [-0.3, -0.25) is 0 Å². The molecule has 0 radical (unpaired) electrons. The lowest BCUT2D eigenvalue weighted by Crippen LogP contribution is -1.98. The molecule has 0 amide bonds. The van der Waals surface area contributed by atoms with Crippen LogP contribution in [0, 0.1) is 11.8 Å². The average molecular weight is 303 g/mol. The first-order valence-corrected chi connectivity index (χ1v) is 7.98. The van der Waals surface area contributed by atoms with Crippen molar-refractivity contribution < 1.29 is 0 Å². The van der Waals surface area contributed by atoms with E-state index in [-0.39, 0.29) is 0 Å². The number of thiophene rings is 1. The van der Waals surface area contributed by atoms with Gasteiger partial charge in [0, 0.05) is 0 Å². The highest BCUT2D eigenvalue weighted by Gasteiger charge is 2.06. The van der Waals surface area contributed by atoms with Crippen molar-refractivity contribution in [2.75, 3.05) is 0 Å². The quantitative estimate of drug-likeness (QED) is 0.588. The Morgan fingerprint density at radius 3 is 2.50 bits per heavy atom. The molecule has 92 valence electrons. The van der Waals surface area contributed by atoms with Crippen LogP contribution in [0.5, 0.6) is 0 Å². The Balaban J connectivity index is 2.15. The predicted octanol–water partition coefficient (Wildman–Crippen LogP) is 5.91. The van der Waals surface area contributed by atoms with E-state index >= 15 is 0 Å². The van der Waals surface area contributed by atoms with Crippen molar-refractivity contribution in [3.63, 3.8) is 0 Å². The maximum Gasteiger partial charge on any atom is 0.0730 e. The van der Waals surface area contributed by atoms with Crippen molar-refractivity contribution in [3.05, 3.63) is 20.8 Å². The lowest BCUT2D eigenvalue weighted by molar-refractivity contribution is 0.437. The first kappa shape index (κ1) is 14.2. The second-order valence-electron chi connectivity index (χ2n) is 5.19. The van der Waals surface area contributed by atoms with Gasteiger partial charge in [0.2, 0.25) is 0 Å². The van der Waals surface area contributed by atoms with Crippen molar-refractivity contribution in [2.24, 2.45) is 11.8 Å². The van der Waals surface area contributed by atoms with Crippen LogP contribution in [-0.2, 0) is 6.42 Å². The molecule has 0 N–H and O–H groups in total. The van der Waals surface area contributed by atoms with E-state index in [1.807, 2.05) is 0 Å². The van der Waals surface area contributed by atoms with Crippen LogP contribution >= 0.6 is 27.3 Å². The largest absolute Gasteiger partial charge is 0.137 e. The zero-order valence-electron chi connectivity index (χ0n) is 10.6. The van der Waals surface area contributed by atoms with Crippen LogP contribution < -0.4 is 0 Å². The molecule has 0 aliphatic carbocycles. The molecular formula is C14H23BrS. The summed E-state index contributed by atoms with van der Waals surface area (Å²) in [6.45, 7) is 7.01. The van der Waals surface area contributed by atoms with E-state index in [4.69, 9.17) is 0 Å². The summed E-state index contributed by atoms with van der Waals surface area (Å²) in [6, 6.07) is 2.25. The van der Waals surface area contributed by atoms with E-state index < -0.39 is 0 Å². The monoisotopic (exact) mass is 302 g/mol. The molecule has 16 heavy (non-hydrogen) atoms. The van der Waals surface area contributed by atoms with Crippen molar-refractivity contribution in [3.8, 4) is 0 Å². The van der Waals surface area contributed by atoms with E-state index in [0.717, 1.165) is 11.8 Å². The molecule has 0 aromatic carbocycles. The maximum absolute atomic E-state index is 3.61. The normalized spacial score (nSPS) is 13.3. The fraction of sp³-hybridized carbons (Fsp3) is 0.714. The molecule has 0 saturated carbocycles. The van der Waals surface area contributed by atoms with Gasteiger partial charge in [-0.2, -0.15) is 0 Å². The number of hydrogen-bond donors (Lipinski definition) is 0. The molecular weight excluding hydrogens is 280 g/mol. The Morgan fingerprint density at radius 1 is 1.19 bits per heavy atom. The van der Waals surface area contributed by atoms with E-state index in [1.165, 1.54) is 41.5 Å². The van der Waals surface area contributed by atoms with E-state index in [2.05, 4.69) is 48.1 Å². The third-order valence-electron chi connectivity index (χ3n) is 3.08. The number of halogens is 1. The third kappa shape index (κ3) is 5.49. The maximum atomic E-state index is 3.61. The zero-order valence-corrected chi connectivity index (χ0v) is 13.0. The van der Waals surface area contributed by atoms with Crippen molar-refractivity contribution in [1.82, 2.24) is 0 Å². The van der Waals surface area contributed by atoms with Gasteiger partial charge in [-0.15, -0.1) is 11.3 Å². The Kier molecular flexibility index (Phi) is 6.67. The molecule has 1 atom stereocenters. The highest BCUT2D eigenvalue weighted by atomic mass is 79.9. The summed E-state index contributed by atoms with van der Waals surface area (Å²) in [5.74, 6) is 1.73. The molecule has 1 heterocycles. The molecule has 1 rings (SSSR count). The van der Waals surface area contributed by atoms with E-state index in [1.54, 1.807) is 11.3 Å². The first-order valence-electron chi connectivity index (χ1n) is 6.31. The van der Waals surface area contributed by atoms with Gasteiger partial charge >= 0.3 is 0 Å². The lowest BCUT2D eigenvalue weighted by atomic mass is 9.95. The number of rotatable bonds is 7. The van der Waals surface area contributed by atoms with Crippen LogP contribution in [0.15, 0.2) is 15.2 Å². The smallest absolute Gasteiger partial charge is 0.0730 e. The van der Waals surface area contributed by atoms with Gasteiger partial charge in [-0.1, -0.05) is 40.0 Å². The Bertz CT molecular complexity index is 291. The summed E-state index contributed by atoms with van der Waals surface area (Å²) in [5.41, 5.74) is 1.49. The van der Waals surface area contributed by atoms with E-state index in [0.29, 0.717) is 0 Å². The standard InChI is InChI=1S/C14H23BrS/c1-11(2)5-4-6-12(3)7-8-13-9-10-16-14(13)15/h9-12H,4-8H2,1-3H3. The molecule has 1 aromatic heterocycles. The van der Waals surface area contributed by atoms with Gasteiger partial charge in [-0.25, -0.2) is 0 Å². The second kappa shape index (κ2) is 7.50. The summed E-state index contributed by atoms with van der Waals surface area (Å²) in [4.78, 5) is 0. The minimum atomic E-state index is 0.859. The molecule has 0 fully saturated rings. The van der Waals surface area contributed by atoms with Gasteiger partial charge in [0.1, 0.15) is 0 Å². The number of hydrogen-bond acceptors (Lipinski definition) is 1. The molecule has 0 bridgehead atoms. The van der Waals surface area contributed by atoms with E-state index in [9.17, 15) is 0 Å². The van der Waals surface area contributed by atoms with Crippen LogP contribution in [0.4, 0.5) is 0 Å². The third-order valence-corrected chi connectivity index (χ3v) is 4.89. The molecule has 2 heteroatoms. The summed E-state index contributed by atoms with van der Waals surface area (Å²) < 4.78 is 1.32. The topological polar surface area (TPSA) is 0 Å². The molecule has 0 saturated heterocycles. The van der Waals surface area contributed by atoms with Crippen LogP contribution in [0.2, 0.25) is 0 Å². The molecule has 0 aliphatic heterocycles. The lowest BCUT2D eigenvalue weighted by Gasteiger charge is -2.11. The molecule has 0 nitrogen and oxygen atoms in total. The SMILES string of the molecule is CC(C)CCCC(C)CCc1ccsc1Br. The Labute approximate surface area is 113 Å². The van der Waals surface area contributed by atoms with Crippen molar-refractivity contribution in [1.29, 1.82) is 0 Å². The van der Waals surface area contributed by atoms with Gasteiger partial charge in [0.15, 0.2) is 0 Å². The van der Waals surface area contributed by atoms with Crippen LogP contribution in [0.1, 0.15) is 52.0 Å². The minimum absolute atomic E-state index is 0.859. The second-order valence-corrected chi connectivity index (χ2v) is 7.42. The molecule has 1 aromatic rings. The highest BCUT2D eigenvalue weighted by Crippen LogP contribution is 2.26. The van der Waals surface area contributed by atoms with Crippen molar-refractivity contribution in [2.45, 2.75) is 52.9 Å². The summed E-state index contributed by atoms with van der Waals surface area (Å²) in [6.07, 6.45) is 6.72. The Hall–Kier alpha value is 0.180. The molecule has 0 aliphatic rings. The zero-order chi connectivity index (χ0) is 12.0. The fourth-order valence-electron chi connectivity index (χ4n) is 1.92. The molecule has 1 unspecified atom stereocenters. The summed E-state index contributed by atoms with van der Waals surface area (Å²) >= 11 is 5.40. The van der Waals surface area contributed by atoms with Crippen LogP contribution in [0.25, 0.3) is 0 Å². The van der Waals surface area contributed by atoms with Gasteiger partial charge in [-0.05, 0) is 57.6 Å². The van der Waals surface area contributed by atoms with Crippen LogP contribution in [0.3, 0.4) is 0 Å². The fourth-order valence-corrected chi connectivity index (χ4v) is 3.25. The predicted molar refractivity (Wildman–Crippen MR) is 78.2 cm³/mol. The van der Waals surface area contributed by atoms with Crippen molar-refractivity contribution >= 4 is 27.3 Å². The van der Waals surface area contributed by atoms with Gasteiger partial charge < -0.3 is 0 Å². The highest BCUT2D eigenvalue weighted by molar-refractivity contribution is 9.11. The summed E-state index contributed by atoms with van der Waals surface area (Å²) in [7, 11) is 0. The number of aryl methyl sites for hydroxylation is 1. The Morgan fingerprint density at radius 2 is 1.94 bits per heavy atom. The summed E-state index contributed by atoms with van der Waals surface area (Å²) in [5, 5.41) is 2.17. The average Bonchev–Trinajstić information content (AvgIpc) is 2.60. The van der Waals surface area contributed by atoms with Crippen LogP contribution in [-0.4, -0.2) is 0 Å².